The van der Waals surface area contributed by atoms with Crippen LogP contribution >= 0.6 is 11.8 Å². The van der Waals surface area contributed by atoms with Gasteiger partial charge in [0, 0.05) is 12.8 Å². The SMILES string of the molecule is NC1CCCc2nnc(CC3CCCSC3)n21. The second-order valence-corrected chi connectivity index (χ2v) is 6.30. The van der Waals surface area contributed by atoms with Crippen molar-refractivity contribution in [2.24, 2.45) is 11.7 Å². The summed E-state index contributed by atoms with van der Waals surface area (Å²) in [4.78, 5) is 0. The average Bonchev–Trinajstić information content (AvgIpc) is 2.75. The molecule has 0 aliphatic carbocycles. The minimum absolute atomic E-state index is 0.111. The van der Waals surface area contributed by atoms with Gasteiger partial charge >= 0.3 is 0 Å². The van der Waals surface area contributed by atoms with Crippen LogP contribution in [0.3, 0.4) is 0 Å². The summed E-state index contributed by atoms with van der Waals surface area (Å²) in [6.07, 6.45) is 7.12. The summed E-state index contributed by atoms with van der Waals surface area (Å²) in [6.45, 7) is 0. The van der Waals surface area contributed by atoms with E-state index in [2.05, 4.69) is 26.5 Å². The van der Waals surface area contributed by atoms with Gasteiger partial charge in [0.25, 0.3) is 0 Å². The molecule has 3 heterocycles. The van der Waals surface area contributed by atoms with Crippen molar-refractivity contribution >= 4 is 11.8 Å². The van der Waals surface area contributed by atoms with Gasteiger partial charge in [0.05, 0.1) is 6.17 Å². The Morgan fingerprint density at radius 2 is 2.24 bits per heavy atom. The predicted octanol–water partition coefficient (Wildman–Crippen LogP) is 1.76. The molecule has 0 radical (unpaired) electrons. The monoisotopic (exact) mass is 252 g/mol. The summed E-state index contributed by atoms with van der Waals surface area (Å²) in [7, 11) is 0. The van der Waals surface area contributed by atoms with E-state index in [9.17, 15) is 0 Å². The van der Waals surface area contributed by atoms with Crippen LogP contribution in [0.15, 0.2) is 0 Å². The topological polar surface area (TPSA) is 56.7 Å². The van der Waals surface area contributed by atoms with Crippen LogP contribution in [0, 0.1) is 5.92 Å². The fourth-order valence-corrected chi connectivity index (χ4v) is 4.03. The molecule has 1 aromatic heterocycles. The Morgan fingerprint density at radius 3 is 3.06 bits per heavy atom. The lowest BCUT2D eigenvalue weighted by atomic mass is 10.0. The van der Waals surface area contributed by atoms with Crippen LogP contribution in [0.1, 0.15) is 43.5 Å². The number of aromatic nitrogens is 3. The van der Waals surface area contributed by atoms with Crippen molar-refractivity contribution in [3.8, 4) is 0 Å². The number of hydrogen-bond acceptors (Lipinski definition) is 4. The van der Waals surface area contributed by atoms with Crippen LogP contribution in [-0.4, -0.2) is 26.3 Å². The highest BCUT2D eigenvalue weighted by Gasteiger charge is 2.24. The zero-order chi connectivity index (χ0) is 11.7. The maximum absolute atomic E-state index is 6.17. The Kier molecular flexibility index (Phi) is 3.38. The first-order chi connectivity index (χ1) is 8.34. The van der Waals surface area contributed by atoms with Crippen molar-refractivity contribution < 1.29 is 0 Å². The second-order valence-electron chi connectivity index (χ2n) is 5.15. The Balaban J connectivity index is 1.76. The normalized spacial score (nSPS) is 29.0. The zero-order valence-corrected chi connectivity index (χ0v) is 11.0. The van der Waals surface area contributed by atoms with E-state index in [1.807, 2.05) is 0 Å². The minimum Gasteiger partial charge on any atom is -0.311 e. The lowest BCUT2D eigenvalue weighted by Crippen LogP contribution is -2.27. The molecule has 1 saturated heterocycles. The molecular formula is C12H20N4S. The molecule has 0 aromatic carbocycles. The molecule has 0 saturated carbocycles. The van der Waals surface area contributed by atoms with Crippen LogP contribution in [0.25, 0.3) is 0 Å². The number of aryl methyl sites for hydroxylation is 1. The summed E-state index contributed by atoms with van der Waals surface area (Å²) >= 11 is 2.07. The molecule has 0 spiro atoms. The third kappa shape index (κ3) is 2.36. The summed E-state index contributed by atoms with van der Waals surface area (Å²) in [5, 5.41) is 8.66. The fraction of sp³-hybridized carbons (Fsp3) is 0.833. The van der Waals surface area contributed by atoms with Crippen LogP contribution < -0.4 is 5.73 Å². The van der Waals surface area contributed by atoms with E-state index < -0.39 is 0 Å². The van der Waals surface area contributed by atoms with Gasteiger partial charge in [0.15, 0.2) is 0 Å². The van der Waals surface area contributed by atoms with E-state index in [-0.39, 0.29) is 6.17 Å². The number of nitrogens with two attached hydrogens (primary N) is 1. The predicted molar refractivity (Wildman–Crippen MR) is 69.9 cm³/mol. The maximum atomic E-state index is 6.17. The second kappa shape index (κ2) is 4.98. The van der Waals surface area contributed by atoms with Crippen LogP contribution in [0.5, 0.6) is 0 Å². The van der Waals surface area contributed by atoms with Crippen molar-refractivity contribution in [1.82, 2.24) is 14.8 Å². The van der Waals surface area contributed by atoms with Crippen molar-refractivity contribution in [2.75, 3.05) is 11.5 Å². The number of fused-ring (bicyclic) bond motifs is 1. The van der Waals surface area contributed by atoms with Crippen LogP contribution in [0.4, 0.5) is 0 Å². The minimum atomic E-state index is 0.111. The smallest absolute Gasteiger partial charge is 0.134 e. The first-order valence-electron chi connectivity index (χ1n) is 6.60. The molecule has 1 fully saturated rings. The van der Waals surface area contributed by atoms with Crippen LogP contribution in [0.2, 0.25) is 0 Å². The van der Waals surface area contributed by atoms with Gasteiger partial charge in [0.1, 0.15) is 11.6 Å². The Labute approximate surface area is 106 Å². The largest absolute Gasteiger partial charge is 0.311 e. The lowest BCUT2D eigenvalue weighted by molar-refractivity contribution is 0.385. The van der Waals surface area contributed by atoms with Gasteiger partial charge in [-0.2, -0.15) is 11.8 Å². The molecule has 2 atom stereocenters. The molecule has 2 aliphatic rings. The third-order valence-electron chi connectivity index (χ3n) is 3.79. The van der Waals surface area contributed by atoms with E-state index >= 15 is 0 Å². The molecule has 4 nitrogen and oxygen atoms in total. The van der Waals surface area contributed by atoms with Gasteiger partial charge < -0.3 is 5.73 Å². The summed E-state index contributed by atoms with van der Waals surface area (Å²) in [6, 6.07) is 0. The average molecular weight is 252 g/mol. The molecule has 2 aliphatic heterocycles. The quantitative estimate of drug-likeness (QED) is 0.871. The van der Waals surface area contributed by atoms with Gasteiger partial charge in [-0.3, -0.25) is 4.57 Å². The number of nitrogens with zero attached hydrogens (tertiary/aromatic N) is 3. The van der Waals surface area contributed by atoms with E-state index in [0.29, 0.717) is 0 Å². The molecule has 5 heteroatoms. The molecule has 3 rings (SSSR count). The van der Waals surface area contributed by atoms with E-state index in [0.717, 1.165) is 43.3 Å². The van der Waals surface area contributed by atoms with Gasteiger partial charge in [-0.1, -0.05) is 0 Å². The lowest BCUT2D eigenvalue weighted by Gasteiger charge is -2.25. The van der Waals surface area contributed by atoms with Crippen LogP contribution in [-0.2, 0) is 12.8 Å². The first-order valence-corrected chi connectivity index (χ1v) is 7.76. The number of hydrogen-bond donors (Lipinski definition) is 1. The fourth-order valence-electron chi connectivity index (χ4n) is 2.88. The maximum Gasteiger partial charge on any atom is 0.134 e. The highest BCUT2D eigenvalue weighted by molar-refractivity contribution is 7.99. The third-order valence-corrected chi connectivity index (χ3v) is 5.08. The van der Waals surface area contributed by atoms with Gasteiger partial charge in [0.2, 0.25) is 0 Å². The molecule has 2 unspecified atom stereocenters. The van der Waals surface area contributed by atoms with Crippen molar-refractivity contribution in [3.05, 3.63) is 11.6 Å². The summed E-state index contributed by atoms with van der Waals surface area (Å²) in [5.41, 5.74) is 6.17. The van der Waals surface area contributed by atoms with Gasteiger partial charge in [-0.05, 0) is 43.1 Å². The molecule has 0 bridgehead atoms. The Hall–Kier alpha value is -0.550. The number of rotatable bonds is 2. The highest BCUT2D eigenvalue weighted by atomic mass is 32.2. The van der Waals surface area contributed by atoms with Gasteiger partial charge in [-0.25, -0.2) is 0 Å². The van der Waals surface area contributed by atoms with Crippen molar-refractivity contribution in [2.45, 2.75) is 44.7 Å². The molecular weight excluding hydrogens is 232 g/mol. The summed E-state index contributed by atoms with van der Waals surface area (Å²) in [5.74, 6) is 5.60. The van der Waals surface area contributed by atoms with E-state index in [4.69, 9.17) is 5.73 Å². The first kappa shape index (κ1) is 11.5. The van der Waals surface area contributed by atoms with Crippen molar-refractivity contribution in [3.63, 3.8) is 0 Å². The molecule has 2 N–H and O–H groups in total. The Bertz CT molecular complexity index is 384. The molecule has 94 valence electrons. The van der Waals surface area contributed by atoms with Gasteiger partial charge in [-0.15, -0.1) is 10.2 Å². The van der Waals surface area contributed by atoms with E-state index in [1.54, 1.807) is 0 Å². The highest BCUT2D eigenvalue weighted by Crippen LogP contribution is 2.27. The van der Waals surface area contributed by atoms with Crippen molar-refractivity contribution in [1.29, 1.82) is 0 Å². The van der Waals surface area contributed by atoms with E-state index in [1.165, 1.54) is 24.3 Å². The zero-order valence-electron chi connectivity index (χ0n) is 10.1. The Morgan fingerprint density at radius 1 is 1.29 bits per heavy atom. The summed E-state index contributed by atoms with van der Waals surface area (Å²) < 4.78 is 2.20. The molecule has 17 heavy (non-hydrogen) atoms. The standard InChI is InChI=1S/C12H20N4S/c13-10-4-1-5-11-14-15-12(16(10)11)7-9-3-2-6-17-8-9/h9-10H,1-8,13H2. The number of thioether (sulfide) groups is 1. The molecule has 0 amide bonds. The molecule has 1 aromatic rings.